The van der Waals surface area contributed by atoms with Gasteiger partial charge in [-0.25, -0.2) is 0 Å². The first kappa shape index (κ1) is 15.6. The monoisotopic (exact) mass is 419 g/mol. The summed E-state index contributed by atoms with van der Waals surface area (Å²) in [5, 5.41) is 3.69. The molecular formula is C15H12Cl2INO. The van der Waals surface area contributed by atoms with Crippen LogP contribution in [0.15, 0.2) is 30.3 Å². The summed E-state index contributed by atoms with van der Waals surface area (Å²) in [5.74, 6) is -0.215. The quantitative estimate of drug-likeness (QED) is 0.642. The molecule has 0 unspecified atom stereocenters. The molecule has 0 saturated heterocycles. The second-order valence-corrected chi connectivity index (χ2v) is 6.31. The fraction of sp³-hybridized carbons (Fsp3) is 0.133. The first-order valence-corrected chi connectivity index (χ1v) is 7.76. The summed E-state index contributed by atoms with van der Waals surface area (Å²) in [4.78, 5) is 12.4. The van der Waals surface area contributed by atoms with Crippen LogP contribution in [0.25, 0.3) is 0 Å². The average Bonchev–Trinajstić information content (AvgIpc) is 2.42. The van der Waals surface area contributed by atoms with Crippen molar-refractivity contribution in [3.05, 3.63) is 60.6 Å². The Morgan fingerprint density at radius 3 is 2.50 bits per heavy atom. The standard InChI is InChI=1S/C15H12Cl2INO/c1-8-6-7-11(16)14(12(8)17)19-15(20)10-5-3-4-9(2)13(10)18/h3-7H,1-2H3,(H,19,20). The molecule has 0 radical (unpaired) electrons. The third kappa shape index (κ3) is 3.10. The van der Waals surface area contributed by atoms with Crippen LogP contribution in [0.2, 0.25) is 10.0 Å². The molecule has 0 aliphatic carbocycles. The Balaban J connectivity index is 2.38. The molecule has 0 aliphatic rings. The number of rotatable bonds is 2. The van der Waals surface area contributed by atoms with Gasteiger partial charge >= 0.3 is 0 Å². The van der Waals surface area contributed by atoms with Crippen LogP contribution in [-0.4, -0.2) is 5.91 Å². The lowest BCUT2D eigenvalue weighted by molar-refractivity contribution is 0.102. The normalized spacial score (nSPS) is 10.4. The van der Waals surface area contributed by atoms with Crippen LogP contribution in [-0.2, 0) is 0 Å². The number of carbonyl (C=O) groups is 1. The topological polar surface area (TPSA) is 29.1 Å². The zero-order valence-corrected chi connectivity index (χ0v) is 14.6. The average molecular weight is 420 g/mol. The predicted octanol–water partition coefficient (Wildman–Crippen LogP) is 5.47. The van der Waals surface area contributed by atoms with E-state index >= 15 is 0 Å². The molecule has 0 heterocycles. The van der Waals surface area contributed by atoms with Crippen molar-refractivity contribution in [3.8, 4) is 0 Å². The van der Waals surface area contributed by atoms with Gasteiger partial charge in [0.05, 0.1) is 21.3 Å². The van der Waals surface area contributed by atoms with E-state index in [9.17, 15) is 4.79 Å². The molecule has 0 spiro atoms. The molecule has 2 nitrogen and oxygen atoms in total. The van der Waals surface area contributed by atoms with Crippen molar-refractivity contribution in [2.75, 3.05) is 5.32 Å². The number of amides is 1. The molecule has 0 saturated carbocycles. The molecule has 104 valence electrons. The Labute approximate surface area is 141 Å². The van der Waals surface area contributed by atoms with E-state index in [1.807, 2.05) is 32.0 Å². The van der Waals surface area contributed by atoms with E-state index in [1.54, 1.807) is 12.1 Å². The molecule has 1 amide bonds. The smallest absolute Gasteiger partial charge is 0.256 e. The summed E-state index contributed by atoms with van der Waals surface area (Å²) < 4.78 is 0.919. The van der Waals surface area contributed by atoms with Crippen LogP contribution in [0.4, 0.5) is 5.69 Å². The lowest BCUT2D eigenvalue weighted by Gasteiger charge is -2.12. The molecule has 5 heteroatoms. The number of carbonyl (C=O) groups excluding carboxylic acids is 1. The van der Waals surface area contributed by atoms with Gasteiger partial charge in [-0.15, -0.1) is 0 Å². The van der Waals surface area contributed by atoms with Crippen molar-refractivity contribution in [2.24, 2.45) is 0 Å². The van der Waals surface area contributed by atoms with Crippen LogP contribution in [0.5, 0.6) is 0 Å². The summed E-state index contributed by atoms with van der Waals surface area (Å²) >= 11 is 14.5. The number of hydrogen-bond acceptors (Lipinski definition) is 1. The minimum atomic E-state index is -0.215. The van der Waals surface area contributed by atoms with E-state index in [2.05, 4.69) is 27.9 Å². The van der Waals surface area contributed by atoms with Gasteiger partial charge in [-0.3, -0.25) is 4.79 Å². The molecule has 0 bridgehead atoms. The minimum Gasteiger partial charge on any atom is -0.319 e. The van der Waals surface area contributed by atoms with E-state index in [-0.39, 0.29) is 5.91 Å². The second kappa shape index (κ2) is 6.33. The van der Waals surface area contributed by atoms with Crippen molar-refractivity contribution in [3.63, 3.8) is 0 Å². The number of benzene rings is 2. The van der Waals surface area contributed by atoms with E-state index < -0.39 is 0 Å². The largest absolute Gasteiger partial charge is 0.319 e. The fourth-order valence-corrected chi connectivity index (χ4v) is 2.84. The Kier molecular flexibility index (Phi) is 4.94. The highest BCUT2D eigenvalue weighted by Gasteiger charge is 2.15. The molecule has 0 atom stereocenters. The predicted molar refractivity (Wildman–Crippen MR) is 93.0 cm³/mol. The zero-order chi connectivity index (χ0) is 14.9. The molecule has 0 aromatic heterocycles. The van der Waals surface area contributed by atoms with Gasteiger partial charge < -0.3 is 5.32 Å². The molecule has 1 N–H and O–H groups in total. The van der Waals surface area contributed by atoms with Gasteiger partial charge in [-0.05, 0) is 59.7 Å². The third-order valence-corrected chi connectivity index (χ3v) is 5.19. The summed E-state index contributed by atoms with van der Waals surface area (Å²) in [6.07, 6.45) is 0. The van der Waals surface area contributed by atoms with E-state index in [0.29, 0.717) is 21.3 Å². The van der Waals surface area contributed by atoms with Gasteiger partial charge in [0.1, 0.15) is 0 Å². The number of anilines is 1. The van der Waals surface area contributed by atoms with Gasteiger partial charge in [-0.2, -0.15) is 0 Å². The minimum absolute atomic E-state index is 0.215. The first-order valence-electron chi connectivity index (χ1n) is 5.93. The zero-order valence-electron chi connectivity index (χ0n) is 10.9. The highest BCUT2D eigenvalue weighted by Crippen LogP contribution is 2.33. The number of hydrogen-bond donors (Lipinski definition) is 1. The third-order valence-electron chi connectivity index (χ3n) is 2.96. The maximum Gasteiger partial charge on any atom is 0.256 e. The highest BCUT2D eigenvalue weighted by atomic mass is 127. The van der Waals surface area contributed by atoms with Crippen LogP contribution in [0, 0.1) is 17.4 Å². The van der Waals surface area contributed by atoms with Crippen molar-refractivity contribution in [2.45, 2.75) is 13.8 Å². The Hall–Kier alpha value is -0.780. The molecule has 2 aromatic carbocycles. The maximum absolute atomic E-state index is 12.4. The Bertz CT molecular complexity index is 686. The fourth-order valence-electron chi connectivity index (χ4n) is 1.77. The van der Waals surface area contributed by atoms with E-state index in [4.69, 9.17) is 23.2 Å². The molecule has 2 aromatic rings. The van der Waals surface area contributed by atoms with Crippen LogP contribution < -0.4 is 5.32 Å². The lowest BCUT2D eigenvalue weighted by Crippen LogP contribution is -2.14. The summed E-state index contributed by atoms with van der Waals surface area (Å²) in [6, 6.07) is 9.13. The molecule has 0 aliphatic heterocycles. The second-order valence-electron chi connectivity index (χ2n) is 4.44. The van der Waals surface area contributed by atoms with Crippen LogP contribution >= 0.6 is 45.8 Å². The number of nitrogens with one attached hydrogen (secondary N) is 1. The van der Waals surface area contributed by atoms with Gasteiger partial charge in [0, 0.05) is 3.57 Å². The van der Waals surface area contributed by atoms with Crippen molar-refractivity contribution in [1.82, 2.24) is 0 Å². The maximum atomic E-state index is 12.4. The van der Waals surface area contributed by atoms with E-state index in [1.165, 1.54) is 0 Å². The van der Waals surface area contributed by atoms with Crippen molar-refractivity contribution in [1.29, 1.82) is 0 Å². The Morgan fingerprint density at radius 1 is 1.10 bits per heavy atom. The van der Waals surface area contributed by atoms with Gasteiger partial charge in [-0.1, -0.05) is 41.4 Å². The van der Waals surface area contributed by atoms with Crippen molar-refractivity contribution >= 4 is 57.4 Å². The van der Waals surface area contributed by atoms with Crippen molar-refractivity contribution < 1.29 is 4.79 Å². The number of halogens is 3. The van der Waals surface area contributed by atoms with Crippen LogP contribution in [0.1, 0.15) is 21.5 Å². The first-order chi connectivity index (χ1) is 9.41. The highest BCUT2D eigenvalue weighted by molar-refractivity contribution is 14.1. The van der Waals surface area contributed by atoms with E-state index in [0.717, 1.165) is 14.7 Å². The van der Waals surface area contributed by atoms with Gasteiger partial charge in [0.25, 0.3) is 5.91 Å². The summed E-state index contributed by atoms with van der Waals surface area (Å²) in [5.41, 5.74) is 2.99. The molecule has 20 heavy (non-hydrogen) atoms. The van der Waals surface area contributed by atoms with Crippen LogP contribution in [0.3, 0.4) is 0 Å². The Morgan fingerprint density at radius 2 is 1.80 bits per heavy atom. The SMILES string of the molecule is Cc1ccc(Cl)c(NC(=O)c2cccc(C)c2I)c1Cl. The molecule has 0 fully saturated rings. The van der Waals surface area contributed by atoms with Gasteiger partial charge in [0.15, 0.2) is 0 Å². The molecular weight excluding hydrogens is 408 g/mol. The van der Waals surface area contributed by atoms with Gasteiger partial charge in [0.2, 0.25) is 0 Å². The number of aryl methyl sites for hydroxylation is 2. The summed E-state index contributed by atoms with van der Waals surface area (Å²) in [7, 11) is 0. The summed E-state index contributed by atoms with van der Waals surface area (Å²) in [6.45, 7) is 3.83. The lowest BCUT2D eigenvalue weighted by atomic mass is 10.1. The molecule has 2 rings (SSSR count).